The number of hydrogen-bond donors (Lipinski definition) is 0. The van der Waals surface area contributed by atoms with Crippen LogP contribution in [0.1, 0.15) is 46.3 Å². The summed E-state index contributed by atoms with van der Waals surface area (Å²) in [5, 5.41) is 0. The Bertz CT molecular complexity index is 821. The van der Waals surface area contributed by atoms with Gasteiger partial charge >= 0.3 is 0 Å². The number of aromatic nitrogens is 2. The second-order valence-corrected chi connectivity index (χ2v) is 7.43. The molecule has 4 rings (SSSR count). The summed E-state index contributed by atoms with van der Waals surface area (Å²) in [5.74, 6) is 1.36. The van der Waals surface area contributed by atoms with Crippen LogP contribution in [0.2, 0.25) is 0 Å². The van der Waals surface area contributed by atoms with Gasteiger partial charge in [-0.3, -0.25) is 9.69 Å². The minimum atomic E-state index is 0.0434. The summed E-state index contributed by atoms with van der Waals surface area (Å²) in [6, 6.07) is 12.2. The van der Waals surface area contributed by atoms with Gasteiger partial charge in [-0.2, -0.15) is 0 Å². The van der Waals surface area contributed by atoms with Crippen molar-refractivity contribution in [3.8, 4) is 0 Å². The smallest absolute Gasteiger partial charge is 0.272 e. The highest BCUT2D eigenvalue weighted by Crippen LogP contribution is 2.38. The monoisotopic (exact) mass is 362 g/mol. The van der Waals surface area contributed by atoms with Crippen LogP contribution in [0.4, 0.5) is 0 Å². The topological polar surface area (TPSA) is 49.3 Å². The standard InChI is InChI=1S/C22H26N4O/c1-17-16-20(24-21(23-17)19-9-10-19)22(27)26-14-12-25(13-15-26)11-5-8-18-6-3-2-4-7-18/h2-8,16,19H,9-15H2,1H3/b8-5+. The lowest BCUT2D eigenvalue weighted by Gasteiger charge is -2.34. The molecule has 27 heavy (non-hydrogen) atoms. The molecule has 0 spiro atoms. The van der Waals surface area contributed by atoms with E-state index in [4.69, 9.17) is 0 Å². The minimum absolute atomic E-state index is 0.0434. The van der Waals surface area contributed by atoms with Crippen LogP contribution in [0.25, 0.3) is 6.08 Å². The molecule has 1 saturated carbocycles. The summed E-state index contributed by atoms with van der Waals surface area (Å²) in [6.45, 7) is 6.14. The molecule has 5 heteroatoms. The first kappa shape index (κ1) is 17.9. The van der Waals surface area contributed by atoms with Gasteiger partial charge in [0.2, 0.25) is 0 Å². The quantitative estimate of drug-likeness (QED) is 0.820. The van der Waals surface area contributed by atoms with Crippen molar-refractivity contribution in [1.29, 1.82) is 0 Å². The van der Waals surface area contributed by atoms with E-state index in [2.05, 4.69) is 39.2 Å². The lowest BCUT2D eigenvalue weighted by Crippen LogP contribution is -2.48. The average Bonchev–Trinajstić information content (AvgIpc) is 3.54. The number of carbonyl (C=O) groups is 1. The summed E-state index contributed by atoms with van der Waals surface area (Å²) in [7, 11) is 0. The van der Waals surface area contributed by atoms with Gasteiger partial charge < -0.3 is 4.90 Å². The number of amides is 1. The fourth-order valence-electron chi connectivity index (χ4n) is 3.42. The number of aryl methyl sites for hydroxylation is 1. The van der Waals surface area contributed by atoms with Gasteiger partial charge in [0.25, 0.3) is 5.91 Å². The molecule has 0 N–H and O–H groups in total. The Labute approximate surface area is 160 Å². The first-order chi connectivity index (χ1) is 13.2. The van der Waals surface area contributed by atoms with Crippen LogP contribution in [0, 0.1) is 6.92 Å². The zero-order valence-electron chi connectivity index (χ0n) is 15.8. The molecule has 140 valence electrons. The van der Waals surface area contributed by atoms with Gasteiger partial charge in [-0.1, -0.05) is 42.5 Å². The van der Waals surface area contributed by atoms with Crippen LogP contribution < -0.4 is 0 Å². The summed E-state index contributed by atoms with van der Waals surface area (Å²) in [4.78, 5) is 26.2. The molecule has 0 atom stereocenters. The number of benzene rings is 1. The maximum Gasteiger partial charge on any atom is 0.272 e. The maximum atomic E-state index is 12.9. The van der Waals surface area contributed by atoms with E-state index in [-0.39, 0.29) is 5.91 Å². The third kappa shape index (κ3) is 4.61. The van der Waals surface area contributed by atoms with Crippen molar-refractivity contribution in [2.75, 3.05) is 32.7 Å². The largest absolute Gasteiger partial charge is 0.335 e. The van der Waals surface area contributed by atoms with Crippen molar-refractivity contribution in [1.82, 2.24) is 19.8 Å². The Kier molecular flexibility index (Phi) is 5.30. The maximum absolute atomic E-state index is 12.9. The molecular weight excluding hydrogens is 336 g/mol. The fourth-order valence-corrected chi connectivity index (χ4v) is 3.42. The fraction of sp³-hybridized carbons (Fsp3) is 0.409. The molecule has 2 heterocycles. The Morgan fingerprint density at radius 1 is 1.11 bits per heavy atom. The van der Waals surface area contributed by atoms with Crippen molar-refractivity contribution in [3.63, 3.8) is 0 Å². The van der Waals surface area contributed by atoms with Gasteiger partial charge in [0.15, 0.2) is 0 Å². The first-order valence-corrected chi connectivity index (χ1v) is 9.78. The summed E-state index contributed by atoms with van der Waals surface area (Å²) >= 11 is 0. The van der Waals surface area contributed by atoms with Gasteiger partial charge in [0.1, 0.15) is 11.5 Å². The van der Waals surface area contributed by atoms with E-state index in [9.17, 15) is 4.79 Å². The number of piperazine rings is 1. The van der Waals surface area contributed by atoms with E-state index in [1.54, 1.807) is 0 Å². The molecule has 1 aliphatic carbocycles. The average molecular weight is 362 g/mol. The first-order valence-electron chi connectivity index (χ1n) is 9.78. The number of carbonyl (C=O) groups excluding carboxylic acids is 1. The van der Waals surface area contributed by atoms with Crippen LogP contribution >= 0.6 is 0 Å². The third-order valence-electron chi connectivity index (χ3n) is 5.17. The Hall–Kier alpha value is -2.53. The zero-order chi connectivity index (χ0) is 18.6. The highest BCUT2D eigenvalue weighted by Gasteiger charge is 2.29. The number of hydrogen-bond acceptors (Lipinski definition) is 4. The highest BCUT2D eigenvalue weighted by atomic mass is 16.2. The Morgan fingerprint density at radius 3 is 2.56 bits per heavy atom. The van der Waals surface area contributed by atoms with E-state index in [0.29, 0.717) is 11.6 Å². The van der Waals surface area contributed by atoms with Gasteiger partial charge in [0.05, 0.1) is 0 Å². The summed E-state index contributed by atoms with van der Waals surface area (Å²) in [6.07, 6.45) is 6.64. The highest BCUT2D eigenvalue weighted by molar-refractivity contribution is 5.92. The van der Waals surface area contributed by atoms with Gasteiger partial charge in [-0.15, -0.1) is 0 Å². The molecule has 0 radical (unpaired) electrons. The molecule has 1 saturated heterocycles. The van der Waals surface area contributed by atoms with Gasteiger partial charge in [-0.05, 0) is 31.4 Å². The molecule has 1 amide bonds. The van der Waals surface area contributed by atoms with Crippen molar-refractivity contribution < 1.29 is 4.79 Å². The van der Waals surface area contributed by atoms with E-state index in [0.717, 1.165) is 57.1 Å². The van der Waals surface area contributed by atoms with Crippen LogP contribution in [-0.2, 0) is 0 Å². The molecule has 1 aromatic heterocycles. The summed E-state index contributed by atoms with van der Waals surface area (Å²) < 4.78 is 0. The summed E-state index contributed by atoms with van der Waals surface area (Å²) in [5.41, 5.74) is 2.67. The minimum Gasteiger partial charge on any atom is -0.335 e. The molecule has 0 bridgehead atoms. The Morgan fingerprint density at radius 2 is 1.85 bits per heavy atom. The van der Waals surface area contributed by atoms with Crippen molar-refractivity contribution >= 4 is 12.0 Å². The number of rotatable bonds is 5. The van der Waals surface area contributed by atoms with E-state index < -0.39 is 0 Å². The van der Waals surface area contributed by atoms with Gasteiger partial charge in [-0.25, -0.2) is 9.97 Å². The SMILES string of the molecule is Cc1cc(C(=O)N2CCN(C/C=C/c3ccccc3)CC2)nc(C2CC2)n1. The molecule has 0 unspecified atom stereocenters. The predicted molar refractivity (Wildman–Crippen MR) is 107 cm³/mol. The molecule has 2 aliphatic rings. The Balaban J connectivity index is 1.31. The molecule has 5 nitrogen and oxygen atoms in total. The van der Waals surface area contributed by atoms with Crippen LogP contribution in [-0.4, -0.2) is 58.4 Å². The van der Waals surface area contributed by atoms with E-state index >= 15 is 0 Å². The van der Waals surface area contributed by atoms with E-state index in [1.807, 2.05) is 36.1 Å². The zero-order valence-corrected chi connectivity index (χ0v) is 15.8. The molecule has 1 aliphatic heterocycles. The van der Waals surface area contributed by atoms with Gasteiger partial charge in [0, 0.05) is 44.3 Å². The second-order valence-electron chi connectivity index (χ2n) is 7.43. The number of nitrogens with zero attached hydrogens (tertiary/aromatic N) is 4. The molecule has 2 fully saturated rings. The van der Waals surface area contributed by atoms with Crippen LogP contribution in [0.15, 0.2) is 42.5 Å². The predicted octanol–water partition coefficient (Wildman–Crippen LogP) is 3.13. The van der Waals surface area contributed by atoms with Crippen molar-refractivity contribution in [2.24, 2.45) is 0 Å². The van der Waals surface area contributed by atoms with Crippen molar-refractivity contribution in [2.45, 2.75) is 25.7 Å². The van der Waals surface area contributed by atoms with Crippen LogP contribution in [0.3, 0.4) is 0 Å². The van der Waals surface area contributed by atoms with E-state index in [1.165, 1.54) is 5.56 Å². The third-order valence-corrected chi connectivity index (χ3v) is 5.17. The lowest BCUT2D eigenvalue weighted by molar-refractivity contribution is 0.0644. The molecular formula is C22H26N4O. The normalized spacial score (nSPS) is 18.2. The van der Waals surface area contributed by atoms with Crippen molar-refractivity contribution in [3.05, 3.63) is 65.2 Å². The molecule has 2 aromatic rings. The lowest BCUT2D eigenvalue weighted by atomic mass is 10.2. The van der Waals surface area contributed by atoms with Crippen LogP contribution in [0.5, 0.6) is 0 Å². The molecule has 1 aromatic carbocycles. The second kappa shape index (κ2) is 8.01.